The minimum absolute atomic E-state index is 0.000312. The van der Waals surface area contributed by atoms with Crippen LogP contribution in [0.2, 0.25) is 0 Å². The van der Waals surface area contributed by atoms with Crippen LogP contribution in [0.25, 0.3) is 0 Å². The van der Waals surface area contributed by atoms with Crippen molar-refractivity contribution in [3.05, 3.63) is 92.9 Å². The summed E-state index contributed by atoms with van der Waals surface area (Å²) in [7, 11) is 0. The number of aromatic nitrogens is 3. The first-order valence-corrected chi connectivity index (χ1v) is 11.7. The maximum absolute atomic E-state index is 13.2. The van der Waals surface area contributed by atoms with E-state index < -0.39 is 36.7 Å². The summed E-state index contributed by atoms with van der Waals surface area (Å²) in [6.07, 6.45) is -2.37. The monoisotopic (exact) mass is 511 g/mol. The molecule has 0 bridgehead atoms. The molecule has 0 spiro atoms. The fraction of sp³-hybridized carbons (Fsp3) is 0.423. The van der Waals surface area contributed by atoms with Crippen LogP contribution in [0.3, 0.4) is 0 Å². The van der Waals surface area contributed by atoms with Crippen molar-refractivity contribution in [2.45, 2.75) is 70.5 Å². The third kappa shape index (κ3) is 7.66. The number of aryl methyl sites for hydroxylation is 1. The molecule has 1 saturated carbocycles. The van der Waals surface area contributed by atoms with Gasteiger partial charge < -0.3 is 0 Å². The topological polar surface area (TPSA) is 47.8 Å². The van der Waals surface area contributed by atoms with E-state index in [2.05, 4.69) is 10.1 Å². The Kier molecular flexibility index (Phi) is 9.28. The van der Waals surface area contributed by atoms with Gasteiger partial charge in [0.15, 0.2) is 0 Å². The maximum Gasteiger partial charge on any atom is 0.418 e. The van der Waals surface area contributed by atoms with Crippen LogP contribution in [0.1, 0.15) is 66.1 Å². The molecule has 0 N–H and O–H groups in total. The van der Waals surface area contributed by atoms with Gasteiger partial charge in [-0.2, -0.15) is 18.3 Å². The second-order valence-corrected chi connectivity index (χ2v) is 8.78. The zero-order valence-corrected chi connectivity index (χ0v) is 19.7. The van der Waals surface area contributed by atoms with Crippen LogP contribution in [0.15, 0.2) is 53.5 Å². The molecule has 4 rings (SSSR count). The summed E-state index contributed by atoms with van der Waals surface area (Å²) in [5.74, 6) is -0.247. The minimum Gasteiger partial charge on any atom is -0.267 e. The Morgan fingerprint density at radius 1 is 1.06 bits per heavy atom. The Hall–Kier alpha value is -3.17. The highest BCUT2D eigenvalue weighted by Gasteiger charge is 2.34. The first-order valence-electron chi connectivity index (χ1n) is 11.7. The lowest BCUT2D eigenvalue weighted by Gasteiger charge is -2.22. The van der Waals surface area contributed by atoms with Gasteiger partial charge in [-0.25, -0.2) is 17.9 Å². The normalized spacial score (nSPS) is 14.4. The van der Waals surface area contributed by atoms with Gasteiger partial charge in [-0.05, 0) is 61.6 Å². The van der Waals surface area contributed by atoms with E-state index in [9.17, 15) is 31.1 Å². The number of alkyl halides is 5. The molecule has 0 amide bonds. The molecule has 36 heavy (non-hydrogen) atoms. The maximum atomic E-state index is 13.2. The van der Waals surface area contributed by atoms with Crippen LogP contribution < -0.4 is 5.56 Å². The van der Waals surface area contributed by atoms with E-state index in [4.69, 9.17) is 0 Å². The zero-order valence-electron chi connectivity index (χ0n) is 19.7. The number of hydrogen-bond acceptors (Lipinski definition) is 3. The summed E-state index contributed by atoms with van der Waals surface area (Å²) >= 11 is 0. The number of nitrogens with zero attached hydrogens (tertiary/aromatic N) is 3. The smallest absolute Gasteiger partial charge is 0.267 e. The lowest BCUT2D eigenvalue weighted by Crippen LogP contribution is -2.31. The number of halogens is 6. The van der Waals surface area contributed by atoms with Crippen LogP contribution in [-0.4, -0.2) is 21.2 Å². The third-order valence-electron chi connectivity index (χ3n) is 5.94. The van der Waals surface area contributed by atoms with Gasteiger partial charge in [-0.15, -0.1) is 0 Å². The predicted octanol–water partition coefficient (Wildman–Crippen LogP) is 6.69. The Bertz CT molecular complexity index is 1190. The number of pyridine rings is 1. The van der Waals surface area contributed by atoms with Crippen molar-refractivity contribution in [2.75, 3.05) is 0 Å². The zero-order chi connectivity index (χ0) is 26.3. The van der Waals surface area contributed by atoms with E-state index in [1.54, 1.807) is 6.07 Å². The van der Waals surface area contributed by atoms with Crippen LogP contribution >= 0.6 is 0 Å². The molecule has 0 atom stereocenters. The van der Waals surface area contributed by atoms with Gasteiger partial charge in [0.1, 0.15) is 5.82 Å². The van der Waals surface area contributed by atoms with Crippen LogP contribution in [0, 0.1) is 12.7 Å². The molecule has 1 aromatic carbocycles. The van der Waals surface area contributed by atoms with Crippen molar-refractivity contribution >= 4 is 0 Å². The molecule has 1 aliphatic carbocycles. The van der Waals surface area contributed by atoms with Gasteiger partial charge >= 0.3 is 6.18 Å². The van der Waals surface area contributed by atoms with Crippen LogP contribution in [0.4, 0.5) is 26.3 Å². The van der Waals surface area contributed by atoms with Gasteiger partial charge in [-0.3, -0.25) is 9.78 Å². The van der Waals surface area contributed by atoms with E-state index in [1.807, 2.05) is 13.0 Å². The van der Waals surface area contributed by atoms with Gasteiger partial charge in [0, 0.05) is 11.8 Å². The van der Waals surface area contributed by atoms with Gasteiger partial charge in [-0.1, -0.05) is 31.4 Å². The Morgan fingerprint density at radius 2 is 1.78 bits per heavy atom. The van der Waals surface area contributed by atoms with E-state index in [0.29, 0.717) is 5.56 Å². The average Bonchev–Trinajstić information content (AvgIpc) is 2.81. The molecule has 2 aromatic heterocycles. The van der Waals surface area contributed by atoms with E-state index >= 15 is 0 Å². The second kappa shape index (κ2) is 12.2. The molecule has 4 nitrogen and oxygen atoms in total. The molecule has 10 heteroatoms. The van der Waals surface area contributed by atoms with Crippen molar-refractivity contribution in [3.63, 3.8) is 0 Å². The molecule has 1 aliphatic rings. The summed E-state index contributed by atoms with van der Waals surface area (Å²) in [6, 6.07) is 9.92. The molecule has 1 fully saturated rings. The minimum atomic E-state index is -4.64. The van der Waals surface area contributed by atoms with Crippen LogP contribution in [0.5, 0.6) is 0 Å². The molecule has 0 radical (unpaired) electrons. The fourth-order valence-corrected chi connectivity index (χ4v) is 4.26. The first kappa shape index (κ1) is 27.4. The Labute approximate surface area is 205 Å². The largest absolute Gasteiger partial charge is 0.418 e. The molecule has 3 aromatic rings. The number of rotatable bonds is 5. The quantitative estimate of drug-likeness (QED) is 0.359. The van der Waals surface area contributed by atoms with Crippen molar-refractivity contribution in [3.8, 4) is 0 Å². The molecular weight excluding hydrogens is 484 g/mol. The van der Waals surface area contributed by atoms with E-state index in [-0.39, 0.29) is 23.1 Å². The lowest BCUT2D eigenvalue weighted by atomic mass is 9.84. The molecule has 0 saturated heterocycles. The Balaban J connectivity index is 0.000000383. The van der Waals surface area contributed by atoms with Crippen molar-refractivity contribution in [1.29, 1.82) is 0 Å². The summed E-state index contributed by atoms with van der Waals surface area (Å²) in [4.78, 5) is 16.6. The third-order valence-corrected chi connectivity index (χ3v) is 5.94. The van der Waals surface area contributed by atoms with E-state index in [0.717, 1.165) is 54.5 Å². The average molecular weight is 512 g/mol. The van der Waals surface area contributed by atoms with Gasteiger partial charge in [0.2, 0.25) is 6.43 Å². The SMILES string of the molecule is Cc1cccc(F)c1.O=c1c(C2CCCCC2)cc(CC(F)F)nn1Cc1ncccc1C(F)(F)F. The number of benzene rings is 1. The molecule has 0 unspecified atom stereocenters. The van der Waals surface area contributed by atoms with Crippen molar-refractivity contribution in [2.24, 2.45) is 0 Å². The van der Waals surface area contributed by atoms with E-state index in [1.165, 1.54) is 24.4 Å². The van der Waals surface area contributed by atoms with Gasteiger partial charge in [0.05, 0.1) is 29.9 Å². The second-order valence-electron chi connectivity index (χ2n) is 8.78. The van der Waals surface area contributed by atoms with Crippen molar-refractivity contribution in [1.82, 2.24) is 14.8 Å². The molecule has 0 aliphatic heterocycles. The molecule has 2 heterocycles. The summed E-state index contributed by atoms with van der Waals surface area (Å²) in [6.45, 7) is 1.34. The molecular formula is C26H27F6N3O. The summed E-state index contributed by atoms with van der Waals surface area (Å²) in [5.41, 5.74) is -0.557. The van der Waals surface area contributed by atoms with Gasteiger partial charge in [0.25, 0.3) is 5.56 Å². The standard InChI is InChI=1S/C19H20F5N3O.C7H7F/c20-17(21)10-13-9-14(12-5-2-1-3-6-12)18(28)27(26-13)11-16-15(19(22,23)24)7-4-8-25-16;1-6-3-2-4-7(8)5-6/h4,7-9,12,17H,1-3,5-6,10-11H2;2-5H,1H3. The van der Waals surface area contributed by atoms with Crippen LogP contribution in [-0.2, 0) is 19.1 Å². The summed E-state index contributed by atoms with van der Waals surface area (Å²) in [5, 5.41) is 3.90. The highest BCUT2D eigenvalue weighted by atomic mass is 19.4. The lowest BCUT2D eigenvalue weighted by molar-refractivity contribution is -0.138. The highest BCUT2D eigenvalue weighted by Crippen LogP contribution is 2.32. The number of hydrogen-bond donors (Lipinski definition) is 0. The highest BCUT2D eigenvalue weighted by molar-refractivity contribution is 5.25. The predicted molar refractivity (Wildman–Crippen MR) is 124 cm³/mol. The summed E-state index contributed by atoms with van der Waals surface area (Å²) < 4.78 is 78.5. The van der Waals surface area contributed by atoms with Crippen molar-refractivity contribution < 1.29 is 26.3 Å². The Morgan fingerprint density at radius 3 is 2.36 bits per heavy atom. The first-order chi connectivity index (χ1) is 17.0. The molecule has 194 valence electrons. The fourth-order valence-electron chi connectivity index (χ4n) is 4.26.